The molecule has 2 atom stereocenters. The van der Waals surface area contributed by atoms with Crippen molar-refractivity contribution in [2.75, 3.05) is 19.6 Å². The Balaban J connectivity index is 2.36. The molecule has 1 aliphatic rings. The van der Waals surface area contributed by atoms with Gasteiger partial charge in [0.2, 0.25) is 0 Å². The van der Waals surface area contributed by atoms with Crippen molar-refractivity contribution in [1.82, 2.24) is 4.90 Å². The van der Waals surface area contributed by atoms with Crippen molar-refractivity contribution in [3.05, 3.63) is 0 Å². The van der Waals surface area contributed by atoms with E-state index < -0.39 is 11.4 Å². The first-order chi connectivity index (χ1) is 6.83. The summed E-state index contributed by atoms with van der Waals surface area (Å²) in [6.07, 6.45) is 0.738. The van der Waals surface area contributed by atoms with E-state index in [0.717, 1.165) is 37.9 Å². The van der Waals surface area contributed by atoms with Gasteiger partial charge in [0.25, 0.3) is 0 Å². The number of rotatable bonds is 4. The van der Waals surface area contributed by atoms with Crippen LogP contribution in [0.2, 0.25) is 0 Å². The van der Waals surface area contributed by atoms with Gasteiger partial charge in [0.05, 0.1) is 5.41 Å². The zero-order valence-corrected chi connectivity index (χ0v) is 10.3. The Morgan fingerprint density at radius 3 is 2.20 bits per heavy atom. The third kappa shape index (κ3) is 3.20. The van der Waals surface area contributed by atoms with E-state index in [1.807, 2.05) is 0 Å². The number of hydrogen-bond acceptors (Lipinski definition) is 2. The summed E-state index contributed by atoms with van der Waals surface area (Å²) in [4.78, 5) is 13.3. The topological polar surface area (TPSA) is 40.5 Å². The molecule has 1 saturated heterocycles. The maximum Gasteiger partial charge on any atom is 0.309 e. The summed E-state index contributed by atoms with van der Waals surface area (Å²) in [6, 6.07) is 0. The molecule has 1 fully saturated rings. The Morgan fingerprint density at radius 2 is 1.80 bits per heavy atom. The summed E-state index contributed by atoms with van der Waals surface area (Å²) in [5, 5.41) is 9.00. The molecule has 0 amide bonds. The molecule has 1 rings (SSSR count). The van der Waals surface area contributed by atoms with Crippen molar-refractivity contribution in [3.8, 4) is 0 Å². The smallest absolute Gasteiger partial charge is 0.309 e. The van der Waals surface area contributed by atoms with E-state index in [2.05, 4.69) is 18.7 Å². The molecule has 2 unspecified atom stereocenters. The lowest BCUT2D eigenvalue weighted by molar-refractivity contribution is -0.147. The van der Waals surface area contributed by atoms with E-state index >= 15 is 0 Å². The van der Waals surface area contributed by atoms with Crippen LogP contribution in [0.4, 0.5) is 0 Å². The highest BCUT2D eigenvalue weighted by Gasteiger charge is 2.30. The van der Waals surface area contributed by atoms with Crippen molar-refractivity contribution in [3.63, 3.8) is 0 Å². The second kappa shape index (κ2) is 4.52. The number of carboxylic acid groups (broad SMARTS) is 1. The molecule has 0 aromatic heterocycles. The first-order valence-electron chi connectivity index (χ1n) is 5.78. The Bertz CT molecular complexity index is 228. The number of hydrogen-bond donors (Lipinski definition) is 1. The summed E-state index contributed by atoms with van der Waals surface area (Å²) in [6.45, 7) is 11.3. The Hall–Kier alpha value is -0.570. The van der Waals surface area contributed by atoms with E-state index in [1.54, 1.807) is 13.8 Å². The molecule has 0 bridgehead atoms. The molecule has 0 aliphatic carbocycles. The third-order valence-electron chi connectivity index (χ3n) is 3.70. The second-order valence-corrected chi connectivity index (χ2v) is 5.65. The van der Waals surface area contributed by atoms with E-state index in [1.165, 1.54) is 0 Å². The average molecular weight is 213 g/mol. The molecule has 1 heterocycles. The van der Waals surface area contributed by atoms with E-state index in [0.29, 0.717) is 0 Å². The summed E-state index contributed by atoms with van der Waals surface area (Å²) >= 11 is 0. The van der Waals surface area contributed by atoms with Gasteiger partial charge in [-0.05, 0) is 38.6 Å². The predicted octanol–water partition coefficient (Wildman–Crippen LogP) is 2.08. The van der Waals surface area contributed by atoms with Crippen LogP contribution in [-0.4, -0.2) is 35.6 Å². The largest absolute Gasteiger partial charge is 0.481 e. The third-order valence-corrected chi connectivity index (χ3v) is 3.70. The molecule has 0 aromatic rings. The highest BCUT2D eigenvalue weighted by molar-refractivity contribution is 5.73. The normalized spacial score (nSPS) is 28.3. The molecular weight excluding hydrogens is 190 g/mol. The SMILES string of the molecule is CC1CN(CCC(C)(C)C(=O)O)CC1C. The molecule has 3 heteroatoms. The lowest BCUT2D eigenvalue weighted by Crippen LogP contribution is -2.31. The summed E-state index contributed by atoms with van der Waals surface area (Å²) < 4.78 is 0. The maximum atomic E-state index is 10.9. The van der Waals surface area contributed by atoms with Crippen molar-refractivity contribution >= 4 is 5.97 Å². The molecule has 88 valence electrons. The van der Waals surface area contributed by atoms with Gasteiger partial charge in [-0.1, -0.05) is 13.8 Å². The number of aliphatic carboxylic acids is 1. The molecule has 1 N–H and O–H groups in total. The van der Waals surface area contributed by atoms with Crippen LogP contribution >= 0.6 is 0 Å². The minimum atomic E-state index is -0.692. The van der Waals surface area contributed by atoms with Crippen LogP contribution in [0.15, 0.2) is 0 Å². The Morgan fingerprint density at radius 1 is 1.33 bits per heavy atom. The van der Waals surface area contributed by atoms with E-state index in [4.69, 9.17) is 5.11 Å². The summed E-state index contributed by atoms with van der Waals surface area (Å²) in [5.41, 5.74) is -0.588. The van der Waals surface area contributed by atoms with E-state index in [-0.39, 0.29) is 0 Å². The zero-order chi connectivity index (χ0) is 11.6. The number of carboxylic acids is 1. The van der Waals surface area contributed by atoms with Crippen molar-refractivity contribution in [2.45, 2.75) is 34.1 Å². The fraction of sp³-hybridized carbons (Fsp3) is 0.917. The van der Waals surface area contributed by atoms with Gasteiger partial charge in [0.15, 0.2) is 0 Å². The van der Waals surface area contributed by atoms with Crippen LogP contribution < -0.4 is 0 Å². The quantitative estimate of drug-likeness (QED) is 0.777. The first-order valence-corrected chi connectivity index (χ1v) is 5.78. The number of carbonyl (C=O) groups is 1. The minimum Gasteiger partial charge on any atom is -0.481 e. The Kier molecular flexibility index (Phi) is 3.77. The standard InChI is InChI=1S/C12H23NO2/c1-9-7-13(8-10(9)2)6-5-12(3,4)11(14)15/h9-10H,5-8H2,1-4H3,(H,14,15). The van der Waals surface area contributed by atoms with Crippen LogP contribution in [-0.2, 0) is 4.79 Å². The molecule has 0 spiro atoms. The minimum absolute atomic E-state index is 0.588. The molecule has 0 aromatic carbocycles. The van der Waals surface area contributed by atoms with Crippen LogP contribution in [0, 0.1) is 17.3 Å². The maximum absolute atomic E-state index is 10.9. The monoisotopic (exact) mass is 213 g/mol. The van der Waals surface area contributed by atoms with Crippen LogP contribution in [0.5, 0.6) is 0 Å². The highest BCUT2D eigenvalue weighted by Crippen LogP contribution is 2.26. The van der Waals surface area contributed by atoms with Crippen LogP contribution in [0.1, 0.15) is 34.1 Å². The first kappa shape index (κ1) is 12.5. The van der Waals surface area contributed by atoms with Crippen LogP contribution in [0.3, 0.4) is 0 Å². The number of likely N-dealkylation sites (tertiary alicyclic amines) is 1. The van der Waals surface area contributed by atoms with Gasteiger partial charge in [0.1, 0.15) is 0 Å². The fourth-order valence-electron chi connectivity index (χ4n) is 1.98. The lowest BCUT2D eigenvalue weighted by Gasteiger charge is -2.23. The summed E-state index contributed by atoms with van der Waals surface area (Å²) in [7, 11) is 0. The summed E-state index contributed by atoms with van der Waals surface area (Å²) in [5.74, 6) is 0.804. The van der Waals surface area contributed by atoms with Gasteiger partial charge in [-0.3, -0.25) is 4.79 Å². The van der Waals surface area contributed by atoms with E-state index in [9.17, 15) is 4.79 Å². The number of nitrogens with zero attached hydrogens (tertiary/aromatic N) is 1. The van der Waals surface area contributed by atoms with Gasteiger partial charge in [-0.15, -0.1) is 0 Å². The fourth-order valence-corrected chi connectivity index (χ4v) is 1.98. The highest BCUT2D eigenvalue weighted by atomic mass is 16.4. The van der Waals surface area contributed by atoms with Gasteiger partial charge < -0.3 is 10.0 Å². The molecule has 15 heavy (non-hydrogen) atoms. The molecule has 0 saturated carbocycles. The van der Waals surface area contributed by atoms with Crippen molar-refractivity contribution in [2.24, 2.45) is 17.3 Å². The van der Waals surface area contributed by atoms with Gasteiger partial charge in [-0.2, -0.15) is 0 Å². The second-order valence-electron chi connectivity index (χ2n) is 5.65. The Labute approximate surface area is 92.5 Å². The zero-order valence-electron chi connectivity index (χ0n) is 10.3. The lowest BCUT2D eigenvalue weighted by atomic mass is 9.89. The van der Waals surface area contributed by atoms with Crippen LogP contribution in [0.25, 0.3) is 0 Å². The van der Waals surface area contributed by atoms with Gasteiger partial charge in [-0.25, -0.2) is 0 Å². The van der Waals surface area contributed by atoms with Gasteiger partial charge in [0, 0.05) is 13.1 Å². The predicted molar refractivity (Wildman–Crippen MR) is 60.8 cm³/mol. The molecule has 1 aliphatic heterocycles. The molecular formula is C12H23NO2. The van der Waals surface area contributed by atoms with Crippen molar-refractivity contribution < 1.29 is 9.90 Å². The van der Waals surface area contributed by atoms with Crippen molar-refractivity contribution in [1.29, 1.82) is 0 Å². The average Bonchev–Trinajstić information content (AvgIpc) is 2.43. The molecule has 3 nitrogen and oxygen atoms in total. The molecule has 0 radical (unpaired) electrons. The van der Waals surface area contributed by atoms with Gasteiger partial charge >= 0.3 is 5.97 Å².